The van der Waals surface area contributed by atoms with Crippen molar-refractivity contribution in [1.29, 1.82) is 0 Å². The largest absolute Gasteiger partial charge is 0.445 e. The van der Waals surface area contributed by atoms with Gasteiger partial charge in [-0.15, -0.1) is 0 Å². The average Bonchev–Trinajstić information content (AvgIpc) is 3.22. The summed E-state index contributed by atoms with van der Waals surface area (Å²) in [6.07, 6.45) is 0.640. The normalized spacial score (nSPS) is 13.6. The fraction of sp³-hybridized carbons (Fsp3) is 0.633. The molecule has 8 heteroatoms. The van der Waals surface area contributed by atoms with Gasteiger partial charge < -0.3 is 8.84 Å². The lowest BCUT2D eigenvalue weighted by atomic mass is 9.85. The highest BCUT2D eigenvalue weighted by molar-refractivity contribution is 7.93. The van der Waals surface area contributed by atoms with Crippen molar-refractivity contribution in [2.45, 2.75) is 121 Å². The molecule has 2 rings (SSSR count). The summed E-state index contributed by atoms with van der Waals surface area (Å²) in [7, 11) is -6.00. The van der Waals surface area contributed by atoms with E-state index in [2.05, 4.69) is 60.7 Å². The molecule has 38 heavy (non-hydrogen) atoms. The van der Waals surface area contributed by atoms with Crippen LogP contribution >= 0.6 is 0 Å². The maximum absolute atomic E-state index is 13.3. The smallest absolute Gasteiger partial charge is 0.247 e. The highest BCUT2D eigenvalue weighted by atomic mass is 32.2. The minimum Gasteiger partial charge on any atom is -0.445 e. The fourth-order valence-electron chi connectivity index (χ4n) is 5.61. The van der Waals surface area contributed by atoms with Crippen molar-refractivity contribution in [1.82, 2.24) is 0 Å². The monoisotopic (exact) mass is 563 g/mol. The summed E-state index contributed by atoms with van der Waals surface area (Å²) in [5, 5.41) is 2.75. The molecule has 0 fully saturated rings. The first-order valence-electron chi connectivity index (χ1n) is 13.7. The molecule has 2 aromatic rings. The molecular weight excluding hydrogens is 514 g/mol. The number of amides is 1. The van der Waals surface area contributed by atoms with Gasteiger partial charge in [0.05, 0.1) is 4.90 Å². The molecule has 1 aromatic heterocycles. The van der Waals surface area contributed by atoms with E-state index < -0.39 is 28.8 Å². The number of aryl methyl sites for hydroxylation is 2. The van der Waals surface area contributed by atoms with Gasteiger partial charge in [-0.25, -0.2) is 8.42 Å². The van der Waals surface area contributed by atoms with Gasteiger partial charge in [0.1, 0.15) is 10.5 Å². The van der Waals surface area contributed by atoms with Crippen LogP contribution in [0.5, 0.6) is 0 Å². The Labute approximate surface area is 232 Å². The molecule has 214 valence electrons. The lowest BCUT2D eigenvalue weighted by Gasteiger charge is -2.44. The summed E-state index contributed by atoms with van der Waals surface area (Å²) >= 11 is 0. The van der Waals surface area contributed by atoms with Gasteiger partial charge in [0, 0.05) is 30.1 Å². The predicted octanol–water partition coefficient (Wildman–Crippen LogP) is 7.81. The first-order valence-corrected chi connectivity index (χ1v) is 17.4. The maximum Gasteiger partial charge on any atom is 0.247 e. The molecule has 1 heterocycles. The van der Waals surface area contributed by atoms with Crippen molar-refractivity contribution < 1.29 is 22.1 Å². The zero-order chi connectivity index (χ0) is 29.3. The van der Waals surface area contributed by atoms with E-state index in [1.807, 2.05) is 19.9 Å². The second kappa shape index (κ2) is 11.7. The molecule has 0 aliphatic carbocycles. The van der Waals surface area contributed by atoms with Crippen molar-refractivity contribution in [2.75, 3.05) is 11.9 Å². The molecule has 1 aromatic carbocycles. The highest BCUT2D eigenvalue weighted by Gasteiger charge is 2.47. The molecule has 0 aliphatic heterocycles. The first-order chi connectivity index (χ1) is 17.3. The molecule has 0 saturated heterocycles. The number of rotatable bonds is 12. The number of hydrogen-bond donors (Lipinski definition) is 1. The third kappa shape index (κ3) is 6.12. The standard InChI is InChI=1S/C30H49NO5SSi/c1-13-26-25(29(9,10)19-35-38(20(2)3,21(4)5)22(6)7)18-27(36-26)31-28(32)30(11,12)37(33,34)24-16-14-23(8)15-17-24/h14-18,20-22H,13,19H2,1-12H3,(H,31,32). The van der Waals surface area contributed by atoms with Gasteiger partial charge in [-0.2, -0.15) is 0 Å². The van der Waals surface area contributed by atoms with Gasteiger partial charge in [-0.3, -0.25) is 10.1 Å². The summed E-state index contributed by atoms with van der Waals surface area (Å²) in [6.45, 7) is 25.2. The number of sulfone groups is 1. The SMILES string of the molecule is CCc1oc(NC(=O)C(C)(C)S(=O)(=O)c2ccc(C)cc2)cc1C(C)(C)CO[Si](C(C)C)(C(C)C)C(C)C. The number of carbonyl (C=O) groups is 1. The van der Waals surface area contributed by atoms with Gasteiger partial charge in [0.2, 0.25) is 5.91 Å². The summed E-state index contributed by atoms with van der Waals surface area (Å²) in [5.41, 5.74) is 2.97. The van der Waals surface area contributed by atoms with Crippen LogP contribution in [0.1, 0.15) is 93.0 Å². The summed E-state index contributed by atoms with van der Waals surface area (Å²) in [5.74, 6) is 0.377. The van der Waals surface area contributed by atoms with E-state index in [-0.39, 0.29) is 16.2 Å². The van der Waals surface area contributed by atoms with E-state index in [0.29, 0.717) is 29.7 Å². The third-order valence-electron chi connectivity index (χ3n) is 8.04. The maximum atomic E-state index is 13.3. The molecule has 1 amide bonds. The van der Waals surface area contributed by atoms with Crippen LogP contribution < -0.4 is 5.32 Å². The number of nitrogens with one attached hydrogen (secondary N) is 1. The van der Waals surface area contributed by atoms with E-state index in [0.717, 1.165) is 16.9 Å². The molecular formula is C30H49NO5SSi. The van der Waals surface area contributed by atoms with Crippen molar-refractivity contribution in [3.8, 4) is 0 Å². The zero-order valence-electron chi connectivity index (χ0n) is 25.5. The van der Waals surface area contributed by atoms with Crippen LogP contribution in [-0.2, 0) is 30.9 Å². The molecule has 6 nitrogen and oxygen atoms in total. The molecule has 0 bridgehead atoms. The number of furan rings is 1. The topological polar surface area (TPSA) is 85.6 Å². The van der Waals surface area contributed by atoms with Crippen molar-refractivity contribution >= 4 is 29.9 Å². The molecule has 0 unspecified atom stereocenters. The molecule has 0 atom stereocenters. The number of carbonyl (C=O) groups excluding carboxylic acids is 1. The molecule has 0 radical (unpaired) electrons. The van der Waals surface area contributed by atoms with E-state index in [4.69, 9.17) is 8.84 Å². The van der Waals surface area contributed by atoms with Crippen LogP contribution in [0.25, 0.3) is 0 Å². The second-order valence-electron chi connectivity index (χ2n) is 12.6. The van der Waals surface area contributed by atoms with Crippen LogP contribution in [0.2, 0.25) is 16.6 Å². The lowest BCUT2D eigenvalue weighted by molar-refractivity contribution is -0.118. The Hall–Kier alpha value is -1.90. The van der Waals surface area contributed by atoms with E-state index in [1.54, 1.807) is 12.1 Å². The van der Waals surface area contributed by atoms with E-state index in [9.17, 15) is 13.2 Å². The number of benzene rings is 1. The Morgan fingerprint density at radius 2 is 1.47 bits per heavy atom. The molecule has 0 spiro atoms. The third-order valence-corrected chi connectivity index (χ3v) is 16.5. The van der Waals surface area contributed by atoms with Crippen molar-refractivity contribution in [2.24, 2.45) is 0 Å². The molecule has 0 aliphatic rings. The zero-order valence-corrected chi connectivity index (χ0v) is 27.3. The first kappa shape index (κ1) is 32.3. The van der Waals surface area contributed by atoms with Gasteiger partial charge >= 0.3 is 0 Å². The van der Waals surface area contributed by atoms with Crippen LogP contribution in [0.3, 0.4) is 0 Å². The van der Waals surface area contributed by atoms with Crippen molar-refractivity contribution in [3.63, 3.8) is 0 Å². The average molecular weight is 564 g/mol. The number of hydrogen-bond acceptors (Lipinski definition) is 5. The van der Waals surface area contributed by atoms with Crippen LogP contribution in [0.15, 0.2) is 39.6 Å². The number of anilines is 1. The summed E-state index contributed by atoms with van der Waals surface area (Å²) in [4.78, 5) is 13.4. The summed E-state index contributed by atoms with van der Waals surface area (Å²) in [6, 6.07) is 8.37. The predicted molar refractivity (Wildman–Crippen MR) is 159 cm³/mol. The van der Waals surface area contributed by atoms with Gasteiger partial charge in [-0.05, 0) is 49.5 Å². The van der Waals surface area contributed by atoms with Crippen LogP contribution in [0, 0.1) is 6.92 Å². The van der Waals surface area contributed by atoms with Gasteiger partial charge in [0.15, 0.2) is 24.0 Å². The minimum absolute atomic E-state index is 0.115. The van der Waals surface area contributed by atoms with Crippen LogP contribution in [-0.4, -0.2) is 34.0 Å². The Morgan fingerprint density at radius 1 is 0.974 bits per heavy atom. The lowest BCUT2D eigenvalue weighted by Crippen LogP contribution is -2.49. The quantitative estimate of drug-likeness (QED) is 0.266. The Kier molecular flexibility index (Phi) is 9.93. The fourth-order valence-corrected chi connectivity index (χ4v) is 12.6. The van der Waals surface area contributed by atoms with E-state index >= 15 is 0 Å². The van der Waals surface area contributed by atoms with Crippen LogP contribution in [0.4, 0.5) is 5.88 Å². The molecule has 0 saturated carbocycles. The Balaban J connectivity index is 2.34. The Bertz CT molecular complexity index is 1190. The van der Waals surface area contributed by atoms with Gasteiger partial charge in [0.25, 0.3) is 0 Å². The highest BCUT2D eigenvalue weighted by Crippen LogP contribution is 2.44. The van der Waals surface area contributed by atoms with E-state index in [1.165, 1.54) is 26.0 Å². The second-order valence-corrected chi connectivity index (χ2v) is 20.5. The van der Waals surface area contributed by atoms with Crippen molar-refractivity contribution in [3.05, 3.63) is 47.2 Å². The Morgan fingerprint density at radius 3 is 1.92 bits per heavy atom. The molecule has 1 N–H and O–H groups in total. The summed E-state index contributed by atoms with van der Waals surface area (Å²) < 4.78 is 37.9. The minimum atomic E-state index is -3.93. The van der Waals surface area contributed by atoms with Gasteiger partial charge in [-0.1, -0.05) is 80.0 Å².